The molecule has 0 saturated carbocycles. The maximum atomic E-state index is 12.7. The van der Waals surface area contributed by atoms with E-state index < -0.39 is 6.04 Å². The van der Waals surface area contributed by atoms with Crippen LogP contribution in [0.25, 0.3) is 0 Å². The molecule has 1 aromatic heterocycles. The molecule has 0 bridgehead atoms. The number of aromatic nitrogens is 1. The molecular weight excluding hydrogens is 384 g/mol. The SMILES string of the molecule is CC(=O)NC(CNC(=O)CN1CCN(c2ccncc2)CC1)C(=O)N1CCCCC1. The van der Waals surface area contributed by atoms with Gasteiger partial charge in [-0.1, -0.05) is 0 Å². The number of nitrogens with one attached hydrogen (secondary N) is 2. The molecule has 2 saturated heterocycles. The summed E-state index contributed by atoms with van der Waals surface area (Å²) in [6.07, 6.45) is 6.66. The van der Waals surface area contributed by atoms with Gasteiger partial charge >= 0.3 is 0 Å². The number of anilines is 1. The zero-order chi connectivity index (χ0) is 21.3. The van der Waals surface area contributed by atoms with Gasteiger partial charge in [-0.15, -0.1) is 0 Å². The monoisotopic (exact) mass is 416 g/mol. The predicted molar refractivity (Wildman–Crippen MR) is 114 cm³/mol. The van der Waals surface area contributed by atoms with Crippen LogP contribution in [-0.4, -0.2) is 90.9 Å². The summed E-state index contributed by atoms with van der Waals surface area (Å²) in [5, 5.41) is 5.52. The average Bonchev–Trinajstić information content (AvgIpc) is 2.77. The Kier molecular flexibility index (Phi) is 8.01. The Morgan fingerprint density at radius 2 is 1.67 bits per heavy atom. The van der Waals surface area contributed by atoms with Crippen LogP contribution in [0, 0.1) is 0 Å². The summed E-state index contributed by atoms with van der Waals surface area (Å²) in [7, 11) is 0. The number of nitrogens with zero attached hydrogens (tertiary/aromatic N) is 4. The van der Waals surface area contributed by atoms with E-state index in [1.807, 2.05) is 12.1 Å². The van der Waals surface area contributed by atoms with Gasteiger partial charge in [0.2, 0.25) is 17.7 Å². The summed E-state index contributed by atoms with van der Waals surface area (Å²) < 4.78 is 0. The van der Waals surface area contributed by atoms with Crippen molar-refractivity contribution in [2.24, 2.45) is 0 Å². The second-order valence-electron chi connectivity index (χ2n) is 7.91. The fourth-order valence-corrected chi connectivity index (χ4v) is 3.97. The molecule has 0 spiro atoms. The molecule has 1 unspecified atom stereocenters. The fourth-order valence-electron chi connectivity index (χ4n) is 3.97. The number of hydrogen-bond donors (Lipinski definition) is 2. The van der Waals surface area contributed by atoms with E-state index in [4.69, 9.17) is 0 Å². The number of carbonyl (C=O) groups is 3. The topological polar surface area (TPSA) is 97.9 Å². The lowest BCUT2D eigenvalue weighted by molar-refractivity contribution is -0.137. The molecule has 2 fully saturated rings. The van der Waals surface area contributed by atoms with E-state index in [1.54, 1.807) is 17.3 Å². The third-order valence-corrected chi connectivity index (χ3v) is 5.61. The molecule has 9 heteroatoms. The summed E-state index contributed by atoms with van der Waals surface area (Å²) in [4.78, 5) is 46.9. The standard InChI is InChI=1S/C21H32N6O3/c1-17(28)24-19(21(30)27-9-3-2-4-10-27)15-23-20(29)16-25-11-13-26(14-12-25)18-5-7-22-8-6-18/h5-8,19H,2-4,9-16H2,1H3,(H,23,29)(H,24,28). The zero-order valence-corrected chi connectivity index (χ0v) is 17.7. The van der Waals surface area contributed by atoms with Gasteiger partial charge < -0.3 is 20.4 Å². The van der Waals surface area contributed by atoms with Gasteiger partial charge in [-0.25, -0.2) is 0 Å². The molecular formula is C21H32N6O3. The lowest BCUT2D eigenvalue weighted by Crippen LogP contribution is -2.55. The van der Waals surface area contributed by atoms with Crippen LogP contribution < -0.4 is 15.5 Å². The molecule has 3 rings (SSSR count). The first-order chi connectivity index (χ1) is 14.5. The summed E-state index contributed by atoms with van der Waals surface area (Å²) in [5.74, 6) is -0.517. The van der Waals surface area contributed by atoms with E-state index in [-0.39, 0.29) is 30.8 Å². The van der Waals surface area contributed by atoms with Crippen molar-refractivity contribution in [1.82, 2.24) is 25.4 Å². The van der Waals surface area contributed by atoms with E-state index in [2.05, 4.69) is 25.4 Å². The van der Waals surface area contributed by atoms with Gasteiger partial charge in [0.15, 0.2) is 0 Å². The minimum Gasteiger partial charge on any atom is -0.369 e. The fraction of sp³-hybridized carbons (Fsp3) is 0.619. The highest BCUT2D eigenvalue weighted by Crippen LogP contribution is 2.14. The Bertz CT molecular complexity index is 715. The maximum Gasteiger partial charge on any atom is 0.246 e. The Labute approximate surface area is 177 Å². The first kappa shape index (κ1) is 22.0. The van der Waals surface area contributed by atoms with E-state index >= 15 is 0 Å². The lowest BCUT2D eigenvalue weighted by atomic mass is 10.1. The second-order valence-corrected chi connectivity index (χ2v) is 7.91. The van der Waals surface area contributed by atoms with Crippen LogP contribution in [0.15, 0.2) is 24.5 Å². The van der Waals surface area contributed by atoms with Gasteiger partial charge in [-0.05, 0) is 31.4 Å². The van der Waals surface area contributed by atoms with Crippen molar-refractivity contribution in [3.63, 3.8) is 0 Å². The van der Waals surface area contributed by atoms with E-state index in [1.165, 1.54) is 6.92 Å². The van der Waals surface area contributed by atoms with Crippen molar-refractivity contribution in [1.29, 1.82) is 0 Å². The van der Waals surface area contributed by atoms with Crippen LogP contribution in [0.5, 0.6) is 0 Å². The zero-order valence-electron chi connectivity index (χ0n) is 17.7. The first-order valence-corrected chi connectivity index (χ1v) is 10.7. The third kappa shape index (κ3) is 6.41. The van der Waals surface area contributed by atoms with Gasteiger partial charge in [0.1, 0.15) is 6.04 Å². The molecule has 3 heterocycles. The van der Waals surface area contributed by atoms with Crippen molar-refractivity contribution < 1.29 is 14.4 Å². The van der Waals surface area contributed by atoms with E-state index in [9.17, 15) is 14.4 Å². The average molecular weight is 417 g/mol. The van der Waals surface area contributed by atoms with Crippen LogP contribution in [0.4, 0.5) is 5.69 Å². The summed E-state index contributed by atoms with van der Waals surface area (Å²) >= 11 is 0. The summed E-state index contributed by atoms with van der Waals surface area (Å²) in [6, 6.07) is 3.27. The Morgan fingerprint density at radius 3 is 2.30 bits per heavy atom. The number of piperazine rings is 1. The minimum atomic E-state index is -0.715. The van der Waals surface area contributed by atoms with Crippen molar-refractivity contribution in [2.45, 2.75) is 32.2 Å². The first-order valence-electron chi connectivity index (χ1n) is 10.7. The smallest absolute Gasteiger partial charge is 0.246 e. The number of likely N-dealkylation sites (tertiary alicyclic amines) is 1. The predicted octanol–water partition coefficient (Wildman–Crippen LogP) is -0.163. The van der Waals surface area contributed by atoms with Crippen molar-refractivity contribution >= 4 is 23.4 Å². The Balaban J connectivity index is 1.44. The molecule has 1 aromatic rings. The minimum absolute atomic E-state index is 0.115. The van der Waals surface area contributed by atoms with Gasteiger partial charge in [0.25, 0.3) is 0 Å². The molecule has 2 aliphatic rings. The maximum absolute atomic E-state index is 12.7. The van der Waals surface area contributed by atoms with E-state index in [0.29, 0.717) is 13.1 Å². The highest BCUT2D eigenvalue weighted by Gasteiger charge is 2.27. The van der Waals surface area contributed by atoms with Crippen LogP contribution in [0.3, 0.4) is 0 Å². The van der Waals surface area contributed by atoms with Gasteiger partial charge in [-0.2, -0.15) is 0 Å². The second kappa shape index (κ2) is 10.9. The third-order valence-electron chi connectivity index (χ3n) is 5.61. The van der Waals surface area contributed by atoms with Gasteiger partial charge in [0, 0.05) is 70.8 Å². The molecule has 2 aliphatic heterocycles. The van der Waals surface area contributed by atoms with Crippen LogP contribution in [0.1, 0.15) is 26.2 Å². The number of hydrogen-bond acceptors (Lipinski definition) is 6. The number of rotatable bonds is 7. The highest BCUT2D eigenvalue weighted by atomic mass is 16.2. The van der Waals surface area contributed by atoms with Gasteiger partial charge in [-0.3, -0.25) is 24.3 Å². The molecule has 3 amide bonds. The normalized spacial score (nSPS) is 18.6. The van der Waals surface area contributed by atoms with Crippen LogP contribution >= 0.6 is 0 Å². The van der Waals surface area contributed by atoms with Crippen molar-refractivity contribution in [2.75, 3.05) is 57.3 Å². The summed E-state index contributed by atoms with van der Waals surface area (Å²) in [6.45, 7) is 6.49. The quantitative estimate of drug-likeness (QED) is 0.641. The molecule has 30 heavy (non-hydrogen) atoms. The van der Waals surface area contributed by atoms with Crippen LogP contribution in [-0.2, 0) is 14.4 Å². The molecule has 1 atom stereocenters. The summed E-state index contributed by atoms with van der Waals surface area (Å²) in [5.41, 5.74) is 1.14. The van der Waals surface area contributed by atoms with Crippen molar-refractivity contribution in [3.8, 4) is 0 Å². The van der Waals surface area contributed by atoms with Crippen molar-refractivity contribution in [3.05, 3.63) is 24.5 Å². The number of amides is 3. The molecule has 2 N–H and O–H groups in total. The largest absolute Gasteiger partial charge is 0.369 e. The molecule has 0 aromatic carbocycles. The Morgan fingerprint density at radius 1 is 1.00 bits per heavy atom. The molecule has 0 aliphatic carbocycles. The Hall–Kier alpha value is -2.68. The highest BCUT2D eigenvalue weighted by molar-refractivity contribution is 5.88. The number of pyridine rings is 1. The number of carbonyl (C=O) groups excluding carboxylic acids is 3. The molecule has 164 valence electrons. The number of piperidine rings is 1. The van der Waals surface area contributed by atoms with E-state index in [0.717, 1.165) is 51.1 Å². The lowest BCUT2D eigenvalue weighted by Gasteiger charge is -2.35. The molecule has 9 nitrogen and oxygen atoms in total. The van der Waals surface area contributed by atoms with Crippen LogP contribution in [0.2, 0.25) is 0 Å². The van der Waals surface area contributed by atoms with Gasteiger partial charge in [0.05, 0.1) is 6.54 Å². The molecule has 0 radical (unpaired) electrons.